The lowest BCUT2D eigenvalue weighted by Crippen LogP contribution is -2.55. The molecule has 4 nitrogen and oxygen atoms in total. The molecule has 1 saturated carbocycles. The first-order chi connectivity index (χ1) is 16.3. The van der Waals surface area contributed by atoms with E-state index in [0.717, 1.165) is 19.3 Å². The van der Waals surface area contributed by atoms with Crippen molar-refractivity contribution in [2.24, 2.45) is 32.9 Å². The molecule has 0 N–H and O–H groups in total. The highest BCUT2D eigenvalue weighted by Gasteiger charge is 2.65. The Labute approximate surface area is 203 Å². The van der Waals surface area contributed by atoms with E-state index in [0.29, 0.717) is 12.0 Å². The van der Waals surface area contributed by atoms with Gasteiger partial charge in [-0.1, -0.05) is 50.3 Å². The Morgan fingerprint density at radius 3 is 2.85 bits per heavy atom. The van der Waals surface area contributed by atoms with Crippen molar-refractivity contribution >= 4 is 12.4 Å². The molecule has 0 amide bonds. The van der Waals surface area contributed by atoms with Crippen LogP contribution in [0.4, 0.5) is 0 Å². The van der Waals surface area contributed by atoms with Gasteiger partial charge in [0.2, 0.25) is 0 Å². The molecular formula is C30H37N3O. The summed E-state index contributed by atoms with van der Waals surface area (Å²) >= 11 is 0. The van der Waals surface area contributed by atoms with Crippen LogP contribution in [0.5, 0.6) is 0 Å². The van der Waals surface area contributed by atoms with Crippen LogP contribution in [0.15, 0.2) is 69.0 Å². The number of nitrogens with zero attached hydrogens (tertiary/aromatic N) is 3. The van der Waals surface area contributed by atoms with Gasteiger partial charge in [-0.15, -0.1) is 0 Å². The average molecular weight is 456 g/mol. The van der Waals surface area contributed by atoms with Crippen molar-refractivity contribution in [3.05, 3.63) is 58.7 Å². The lowest BCUT2D eigenvalue weighted by Gasteiger charge is -2.54. The molecule has 2 fully saturated rings. The number of fused-ring (bicyclic) bond motifs is 2. The van der Waals surface area contributed by atoms with Crippen LogP contribution < -0.4 is 0 Å². The SMILES string of the molecule is CN(C)C1CCC2=CC3=CCC4(C)C(C5=CC6C=NN=CC6(C)C=C5)=CC[C@H]4[C@@]34CC[C@]2(C1)O4. The molecule has 7 rings (SSSR count). The number of ether oxygens (including phenoxy) is 1. The summed E-state index contributed by atoms with van der Waals surface area (Å²) in [6.45, 7) is 4.76. The highest BCUT2D eigenvalue weighted by atomic mass is 16.5. The Hall–Kier alpha value is -2.04. The van der Waals surface area contributed by atoms with E-state index in [2.05, 4.69) is 79.5 Å². The molecule has 2 spiro atoms. The molecule has 178 valence electrons. The van der Waals surface area contributed by atoms with Crippen LogP contribution in [0, 0.1) is 22.7 Å². The molecule has 4 heteroatoms. The van der Waals surface area contributed by atoms with Crippen LogP contribution in [0.3, 0.4) is 0 Å². The van der Waals surface area contributed by atoms with Gasteiger partial charge in [-0.3, -0.25) is 0 Å². The fraction of sp³-hybridized carbons (Fsp3) is 0.600. The van der Waals surface area contributed by atoms with E-state index in [-0.39, 0.29) is 27.9 Å². The molecular weight excluding hydrogens is 418 g/mol. The zero-order valence-electron chi connectivity index (χ0n) is 21.1. The number of allylic oxidation sites excluding steroid dienone is 7. The predicted octanol–water partition coefficient (Wildman–Crippen LogP) is 5.80. The molecule has 3 aliphatic heterocycles. The van der Waals surface area contributed by atoms with E-state index in [4.69, 9.17) is 4.74 Å². The maximum absolute atomic E-state index is 7.40. The fourth-order valence-electron chi connectivity index (χ4n) is 8.44. The van der Waals surface area contributed by atoms with Crippen molar-refractivity contribution in [1.82, 2.24) is 4.90 Å². The first-order valence-electron chi connectivity index (χ1n) is 13.3. The van der Waals surface area contributed by atoms with Crippen molar-refractivity contribution in [3.63, 3.8) is 0 Å². The van der Waals surface area contributed by atoms with Crippen molar-refractivity contribution in [2.75, 3.05) is 14.1 Å². The molecule has 34 heavy (non-hydrogen) atoms. The van der Waals surface area contributed by atoms with Crippen LogP contribution in [0.2, 0.25) is 0 Å². The van der Waals surface area contributed by atoms with Gasteiger partial charge in [-0.2, -0.15) is 10.2 Å². The summed E-state index contributed by atoms with van der Waals surface area (Å²) in [5.41, 5.74) is 5.88. The van der Waals surface area contributed by atoms with E-state index in [1.807, 2.05) is 12.4 Å². The molecule has 0 radical (unpaired) electrons. The predicted molar refractivity (Wildman–Crippen MR) is 138 cm³/mol. The van der Waals surface area contributed by atoms with Gasteiger partial charge in [0.15, 0.2) is 0 Å². The minimum absolute atomic E-state index is 0.0325. The summed E-state index contributed by atoms with van der Waals surface area (Å²) in [6, 6.07) is 0.623. The summed E-state index contributed by atoms with van der Waals surface area (Å²) in [6.07, 6.45) is 26.9. The van der Waals surface area contributed by atoms with Gasteiger partial charge in [0.05, 0.1) is 11.2 Å². The van der Waals surface area contributed by atoms with Crippen molar-refractivity contribution in [2.45, 2.75) is 76.0 Å². The average Bonchev–Trinajstić information content (AvgIpc) is 3.33. The molecule has 7 atom stereocenters. The summed E-state index contributed by atoms with van der Waals surface area (Å²) < 4.78 is 7.40. The first kappa shape index (κ1) is 21.3. The number of hydrogen-bond donors (Lipinski definition) is 0. The van der Waals surface area contributed by atoms with E-state index in [1.54, 1.807) is 5.57 Å². The maximum Gasteiger partial charge on any atom is 0.0980 e. The van der Waals surface area contributed by atoms with Gasteiger partial charge in [0, 0.05) is 41.1 Å². The monoisotopic (exact) mass is 455 g/mol. The third-order valence-corrected chi connectivity index (χ3v) is 10.6. The largest absolute Gasteiger partial charge is 0.359 e. The van der Waals surface area contributed by atoms with Gasteiger partial charge in [0.25, 0.3) is 0 Å². The fourth-order valence-corrected chi connectivity index (χ4v) is 8.44. The lowest BCUT2D eigenvalue weighted by atomic mass is 9.58. The van der Waals surface area contributed by atoms with E-state index in [9.17, 15) is 0 Å². The van der Waals surface area contributed by atoms with Crippen LogP contribution in [0.1, 0.15) is 58.8 Å². The Balaban J connectivity index is 1.24. The molecule has 4 aliphatic carbocycles. The van der Waals surface area contributed by atoms with Gasteiger partial charge in [0.1, 0.15) is 0 Å². The molecule has 0 aromatic rings. The molecule has 7 aliphatic rings. The third kappa shape index (κ3) is 2.62. The van der Waals surface area contributed by atoms with Crippen LogP contribution >= 0.6 is 0 Å². The summed E-state index contributed by atoms with van der Waals surface area (Å²) in [4.78, 5) is 2.42. The van der Waals surface area contributed by atoms with Crippen molar-refractivity contribution in [3.8, 4) is 0 Å². The maximum atomic E-state index is 7.40. The lowest BCUT2D eigenvalue weighted by molar-refractivity contribution is -0.135. The molecule has 4 unspecified atom stereocenters. The van der Waals surface area contributed by atoms with Gasteiger partial charge in [-0.25, -0.2) is 0 Å². The van der Waals surface area contributed by atoms with E-state index < -0.39 is 0 Å². The molecule has 0 aromatic carbocycles. The van der Waals surface area contributed by atoms with Crippen LogP contribution in [-0.2, 0) is 4.74 Å². The second kappa shape index (κ2) is 6.79. The molecule has 1 saturated heterocycles. The zero-order chi connectivity index (χ0) is 23.3. The minimum Gasteiger partial charge on any atom is -0.359 e. The highest BCUT2D eigenvalue weighted by Crippen LogP contribution is 2.67. The third-order valence-electron chi connectivity index (χ3n) is 10.6. The standard InChI is InChI=1S/C30H37N3O/c1-27-11-9-20(15-23(27)18-31-32-19-27)25-7-8-26-28(25,2)12-10-22-16-21-5-6-24(33(3)4)17-29(21)13-14-30(22,26)34-29/h7,9-11,15-16,18-19,23-24,26H,5-6,8,12-14,17H2,1-4H3/t23?,24?,26-,27?,28?,29-,30-/m1/s1. The van der Waals surface area contributed by atoms with Crippen LogP contribution in [0.25, 0.3) is 0 Å². The quantitative estimate of drug-likeness (QED) is 0.528. The Kier molecular flexibility index (Phi) is 4.25. The number of hydrogen-bond acceptors (Lipinski definition) is 4. The summed E-state index contributed by atoms with van der Waals surface area (Å²) in [5.74, 6) is 0.786. The first-order valence-corrected chi connectivity index (χ1v) is 13.3. The highest BCUT2D eigenvalue weighted by molar-refractivity contribution is 5.83. The van der Waals surface area contributed by atoms with E-state index >= 15 is 0 Å². The van der Waals surface area contributed by atoms with Crippen LogP contribution in [-0.4, -0.2) is 48.7 Å². The normalized spacial score (nSPS) is 47.9. The van der Waals surface area contributed by atoms with Crippen molar-refractivity contribution in [1.29, 1.82) is 0 Å². The van der Waals surface area contributed by atoms with Crippen molar-refractivity contribution < 1.29 is 4.74 Å². The second-order valence-electron chi connectivity index (χ2n) is 12.6. The summed E-state index contributed by atoms with van der Waals surface area (Å²) in [5, 5.41) is 8.38. The Morgan fingerprint density at radius 1 is 1.12 bits per heavy atom. The minimum atomic E-state index is -0.116. The smallest absolute Gasteiger partial charge is 0.0980 e. The van der Waals surface area contributed by atoms with E-state index in [1.165, 1.54) is 42.4 Å². The summed E-state index contributed by atoms with van der Waals surface area (Å²) in [7, 11) is 4.47. The second-order valence-corrected chi connectivity index (χ2v) is 12.6. The van der Waals surface area contributed by atoms with Gasteiger partial charge >= 0.3 is 0 Å². The Morgan fingerprint density at radius 2 is 2.00 bits per heavy atom. The van der Waals surface area contributed by atoms with Gasteiger partial charge < -0.3 is 9.64 Å². The number of rotatable bonds is 2. The Bertz CT molecular complexity index is 1170. The topological polar surface area (TPSA) is 37.2 Å². The van der Waals surface area contributed by atoms with Gasteiger partial charge in [-0.05, 0) is 81.3 Å². The molecule has 3 heterocycles. The molecule has 2 bridgehead atoms. The zero-order valence-corrected chi connectivity index (χ0v) is 21.1. The molecule has 0 aromatic heterocycles.